The highest BCUT2D eigenvalue weighted by molar-refractivity contribution is 6.13. The van der Waals surface area contributed by atoms with E-state index in [0.717, 1.165) is 0 Å². The fourth-order valence-electron chi connectivity index (χ4n) is 1.74. The lowest BCUT2D eigenvalue weighted by Gasteiger charge is -2.01. The maximum absolute atomic E-state index is 12.0. The van der Waals surface area contributed by atoms with Gasteiger partial charge in [0.2, 0.25) is 0 Å². The van der Waals surface area contributed by atoms with Crippen LogP contribution < -0.4 is 0 Å². The van der Waals surface area contributed by atoms with E-state index in [0.29, 0.717) is 16.7 Å². The van der Waals surface area contributed by atoms with Crippen LogP contribution >= 0.6 is 0 Å². The molecule has 0 unspecified atom stereocenters. The van der Waals surface area contributed by atoms with Gasteiger partial charge in [-0.3, -0.25) is 9.59 Å². The molecule has 0 heterocycles. The number of hydrogen-bond donors (Lipinski definition) is 0. The number of nitrogens with zero attached hydrogens (tertiary/aromatic N) is 1. The minimum atomic E-state index is -0.272. The first-order chi connectivity index (χ1) is 9.20. The highest BCUT2D eigenvalue weighted by atomic mass is 16.1. The first-order valence-corrected chi connectivity index (χ1v) is 5.82. The Morgan fingerprint density at radius 2 is 1.53 bits per heavy atom. The molecule has 0 saturated heterocycles. The molecule has 0 saturated carbocycles. The van der Waals surface area contributed by atoms with Crippen molar-refractivity contribution in [3.05, 3.63) is 71.3 Å². The Morgan fingerprint density at radius 3 is 2.21 bits per heavy atom. The van der Waals surface area contributed by atoms with E-state index >= 15 is 0 Å². The fourth-order valence-corrected chi connectivity index (χ4v) is 1.74. The fraction of sp³-hybridized carbons (Fsp3) is 0.0625. The van der Waals surface area contributed by atoms with E-state index in [9.17, 15) is 9.59 Å². The second kappa shape index (κ2) is 5.74. The SMILES string of the molecule is N#Cc1cccc(C(=O)CC(=O)c2ccccc2)c1. The lowest BCUT2D eigenvalue weighted by molar-refractivity contribution is 0.0894. The van der Waals surface area contributed by atoms with Gasteiger partial charge in [-0.15, -0.1) is 0 Å². The maximum atomic E-state index is 12.0. The molecule has 92 valence electrons. The van der Waals surface area contributed by atoms with Crippen molar-refractivity contribution in [1.29, 1.82) is 5.26 Å². The van der Waals surface area contributed by atoms with E-state index in [1.807, 2.05) is 12.1 Å². The van der Waals surface area contributed by atoms with Crippen LogP contribution in [0.15, 0.2) is 54.6 Å². The van der Waals surface area contributed by atoms with Gasteiger partial charge < -0.3 is 0 Å². The summed E-state index contributed by atoms with van der Waals surface area (Å²) >= 11 is 0. The highest BCUT2D eigenvalue weighted by Gasteiger charge is 2.13. The maximum Gasteiger partial charge on any atom is 0.170 e. The molecule has 2 aromatic carbocycles. The zero-order chi connectivity index (χ0) is 13.7. The number of hydrogen-bond acceptors (Lipinski definition) is 3. The van der Waals surface area contributed by atoms with E-state index in [2.05, 4.69) is 0 Å². The van der Waals surface area contributed by atoms with Crippen molar-refractivity contribution in [1.82, 2.24) is 0 Å². The van der Waals surface area contributed by atoms with E-state index < -0.39 is 0 Å². The Bertz CT molecular complexity index is 654. The van der Waals surface area contributed by atoms with Crippen LogP contribution in [0.3, 0.4) is 0 Å². The Kier molecular flexibility index (Phi) is 3.84. The molecule has 0 spiro atoms. The summed E-state index contributed by atoms with van der Waals surface area (Å²) in [6.45, 7) is 0. The smallest absolute Gasteiger partial charge is 0.170 e. The van der Waals surface area contributed by atoms with Crippen molar-refractivity contribution in [3.8, 4) is 6.07 Å². The lowest BCUT2D eigenvalue weighted by atomic mass is 10.0. The Hall–Kier alpha value is -2.73. The van der Waals surface area contributed by atoms with Gasteiger partial charge in [0.15, 0.2) is 11.6 Å². The molecule has 0 atom stereocenters. The summed E-state index contributed by atoms with van der Waals surface area (Å²) in [6, 6.07) is 17.0. The second-order valence-electron chi connectivity index (χ2n) is 4.08. The van der Waals surface area contributed by atoms with Crippen LogP contribution in [-0.2, 0) is 0 Å². The Labute approximate surface area is 111 Å². The van der Waals surface area contributed by atoms with Gasteiger partial charge in [-0.1, -0.05) is 42.5 Å². The van der Waals surface area contributed by atoms with Crippen LogP contribution in [0.4, 0.5) is 0 Å². The van der Waals surface area contributed by atoms with Crippen molar-refractivity contribution in [2.24, 2.45) is 0 Å². The standard InChI is InChI=1S/C16H11NO2/c17-11-12-5-4-8-14(9-12)16(19)10-15(18)13-6-2-1-3-7-13/h1-9H,10H2. The topological polar surface area (TPSA) is 57.9 Å². The van der Waals surface area contributed by atoms with Gasteiger partial charge >= 0.3 is 0 Å². The molecule has 3 nitrogen and oxygen atoms in total. The Balaban J connectivity index is 2.13. The highest BCUT2D eigenvalue weighted by Crippen LogP contribution is 2.10. The van der Waals surface area contributed by atoms with Gasteiger partial charge in [-0.25, -0.2) is 0 Å². The summed E-state index contributed by atoms with van der Waals surface area (Å²) in [6.07, 6.45) is -0.182. The minimum absolute atomic E-state index is 0.182. The number of nitriles is 1. The number of Topliss-reactive ketones (excluding diaryl/α,β-unsaturated/α-hetero) is 2. The zero-order valence-corrected chi connectivity index (χ0v) is 10.2. The van der Waals surface area contributed by atoms with Crippen molar-refractivity contribution < 1.29 is 9.59 Å². The van der Waals surface area contributed by atoms with Crippen LogP contribution in [0.25, 0.3) is 0 Å². The second-order valence-corrected chi connectivity index (χ2v) is 4.08. The van der Waals surface area contributed by atoms with Gasteiger partial charge in [0.1, 0.15) is 0 Å². The molecule has 0 aromatic heterocycles. The average Bonchev–Trinajstić information content (AvgIpc) is 2.48. The number of rotatable bonds is 4. The predicted octanol–water partition coefficient (Wildman–Crippen LogP) is 3.01. The third kappa shape index (κ3) is 3.14. The molecule has 0 bridgehead atoms. The quantitative estimate of drug-likeness (QED) is 0.618. The van der Waals surface area contributed by atoms with E-state index in [1.165, 1.54) is 6.07 Å². The van der Waals surface area contributed by atoms with Crippen molar-refractivity contribution in [2.75, 3.05) is 0 Å². The third-order valence-corrected chi connectivity index (χ3v) is 2.73. The molecule has 2 aromatic rings. The first-order valence-electron chi connectivity index (χ1n) is 5.82. The zero-order valence-electron chi connectivity index (χ0n) is 10.2. The van der Waals surface area contributed by atoms with E-state index in [-0.39, 0.29) is 18.0 Å². The van der Waals surface area contributed by atoms with Crippen LogP contribution in [0.1, 0.15) is 32.7 Å². The van der Waals surface area contributed by atoms with Crippen LogP contribution in [0.2, 0.25) is 0 Å². The molecular formula is C16H11NO2. The van der Waals surface area contributed by atoms with Gasteiger partial charge in [-0.05, 0) is 12.1 Å². The summed E-state index contributed by atoms with van der Waals surface area (Å²) in [4.78, 5) is 23.9. The minimum Gasteiger partial charge on any atom is -0.294 e. The van der Waals surface area contributed by atoms with Gasteiger partial charge in [0.05, 0.1) is 18.1 Å². The molecular weight excluding hydrogens is 238 g/mol. The molecule has 0 aliphatic rings. The molecule has 3 heteroatoms. The molecule has 0 aliphatic heterocycles. The normalized spacial score (nSPS) is 9.63. The predicted molar refractivity (Wildman–Crippen MR) is 70.9 cm³/mol. The molecule has 0 fully saturated rings. The molecule has 0 radical (unpaired) electrons. The summed E-state index contributed by atoms with van der Waals surface area (Å²) in [7, 11) is 0. The van der Waals surface area contributed by atoms with E-state index in [1.54, 1.807) is 42.5 Å². The van der Waals surface area contributed by atoms with E-state index in [4.69, 9.17) is 5.26 Å². The lowest BCUT2D eigenvalue weighted by Crippen LogP contribution is -2.08. The average molecular weight is 249 g/mol. The van der Waals surface area contributed by atoms with Crippen LogP contribution in [0, 0.1) is 11.3 Å². The monoisotopic (exact) mass is 249 g/mol. The van der Waals surface area contributed by atoms with Crippen molar-refractivity contribution in [3.63, 3.8) is 0 Å². The summed E-state index contributed by atoms with van der Waals surface area (Å²) in [5.41, 5.74) is 1.33. The largest absolute Gasteiger partial charge is 0.294 e. The number of carbonyl (C=O) groups excluding carboxylic acids is 2. The van der Waals surface area contributed by atoms with Gasteiger partial charge in [0.25, 0.3) is 0 Å². The number of benzene rings is 2. The van der Waals surface area contributed by atoms with Gasteiger partial charge in [0, 0.05) is 11.1 Å². The summed E-state index contributed by atoms with van der Waals surface area (Å²) in [5.74, 6) is -0.487. The number of carbonyl (C=O) groups is 2. The first kappa shape index (κ1) is 12.7. The summed E-state index contributed by atoms with van der Waals surface area (Å²) in [5, 5.41) is 8.78. The molecule has 0 N–H and O–H groups in total. The number of ketones is 2. The molecule has 0 aliphatic carbocycles. The molecule has 2 rings (SSSR count). The van der Waals surface area contributed by atoms with Crippen LogP contribution in [-0.4, -0.2) is 11.6 Å². The van der Waals surface area contributed by atoms with Crippen molar-refractivity contribution in [2.45, 2.75) is 6.42 Å². The molecule has 19 heavy (non-hydrogen) atoms. The summed E-state index contributed by atoms with van der Waals surface area (Å²) < 4.78 is 0. The third-order valence-electron chi connectivity index (χ3n) is 2.73. The molecule has 0 amide bonds. The van der Waals surface area contributed by atoms with Crippen molar-refractivity contribution >= 4 is 11.6 Å². The Morgan fingerprint density at radius 1 is 0.895 bits per heavy atom. The van der Waals surface area contributed by atoms with Crippen LogP contribution in [0.5, 0.6) is 0 Å². The van der Waals surface area contributed by atoms with Gasteiger partial charge in [-0.2, -0.15) is 5.26 Å².